The summed E-state index contributed by atoms with van der Waals surface area (Å²) in [4.78, 5) is 85.5. The minimum absolute atomic E-state index is 0.0666. The van der Waals surface area contributed by atoms with Gasteiger partial charge in [0.15, 0.2) is 6.61 Å². The van der Waals surface area contributed by atoms with Gasteiger partial charge in [0.05, 0.1) is 12.1 Å². The van der Waals surface area contributed by atoms with Crippen molar-refractivity contribution < 1.29 is 43.3 Å². The number of pyridine rings is 1. The van der Waals surface area contributed by atoms with Crippen molar-refractivity contribution in [1.82, 2.24) is 30.3 Å². The number of fused-ring (bicyclic) bond motifs is 1. The summed E-state index contributed by atoms with van der Waals surface area (Å²) in [6, 6.07) is 4.91. The van der Waals surface area contributed by atoms with Crippen molar-refractivity contribution in [3.8, 4) is 5.75 Å². The Morgan fingerprint density at radius 2 is 1.71 bits per heavy atom. The summed E-state index contributed by atoms with van der Waals surface area (Å²) >= 11 is 0. The van der Waals surface area contributed by atoms with Gasteiger partial charge in [-0.2, -0.15) is 0 Å². The molecule has 2 aliphatic rings. The van der Waals surface area contributed by atoms with Crippen LogP contribution in [0, 0.1) is 6.92 Å². The fourth-order valence-electron chi connectivity index (χ4n) is 5.79. The number of hydrogen-bond donors (Lipinski definition) is 3. The second-order valence-corrected chi connectivity index (χ2v) is 12.2. The first-order valence-electron chi connectivity index (χ1n) is 16.2. The van der Waals surface area contributed by atoms with Crippen LogP contribution in [0.5, 0.6) is 5.75 Å². The molecule has 3 heterocycles. The van der Waals surface area contributed by atoms with Gasteiger partial charge in [0.25, 0.3) is 11.8 Å². The van der Waals surface area contributed by atoms with Crippen LogP contribution in [-0.2, 0) is 23.9 Å². The van der Waals surface area contributed by atoms with E-state index in [4.69, 9.17) is 9.47 Å². The number of carbonyl (C=O) groups excluding carboxylic acids is 5. The van der Waals surface area contributed by atoms with Crippen molar-refractivity contribution in [1.29, 1.82) is 0 Å². The van der Waals surface area contributed by atoms with E-state index in [-0.39, 0.29) is 81.5 Å². The Morgan fingerprint density at radius 3 is 2.38 bits per heavy atom. The summed E-state index contributed by atoms with van der Waals surface area (Å²) in [5.74, 6) is -2.71. The van der Waals surface area contributed by atoms with Crippen LogP contribution in [-0.4, -0.2) is 125 Å². The number of carboxylic acid groups (broad SMARTS) is 1. The Bertz CT molecular complexity index is 1540. The first-order valence-corrected chi connectivity index (χ1v) is 16.2. The molecular weight excluding hydrogens is 624 g/mol. The molecule has 2 saturated heterocycles. The highest BCUT2D eigenvalue weighted by Crippen LogP contribution is 2.27. The number of likely N-dealkylation sites (tertiary alicyclic amines) is 1. The standard InChI is InChI=1S/C33H44N6O9/c1-5-47-33(46)38-15-13-37(14-16-38)32(45)23(10-11-29(41)42)36-30(43)25-18-27(22-9-8-21(4)17-24(22)35-25)48-19-28(40)39-12-6-7-26(39)31(44)34-20(2)3/h8-9,17-18,20,23,26H,5-7,10-16,19H2,1-4H3,(H,34,44)(H,36,43)(H,41,42). The number of ether oxygens (including phenoxy) is 2. The van der Waals surface area contributed by atoms with Crippen molar-refractivity contribution >= 4 is 46.6 Å². The number of hydrogen-bond acceptors (Lipinski definition) is 9. The lowest BCUT2D eigenvalue weighted by Crippen LogP contribution is -2.56. The van der Waals surface area contributed by atoms with Crippen LogP contribution in [0.4, 0.5) is 4.79 Å². The van der Waals surface area contributed by atoms with E-state index in [1.165, 1.54) is 20.8 Å². The van der Waals surface area contributed by atoms with Crippen LogP contribution in [0.1, 0.15) is 62.5 Å². The second kappa shape index (κ2) is 16.2. The van der Waals surface area contributed by atoms with E-state index in [0.717, 1.165) is 5.56 Å². The molecule has 5 amide bonds. The highest BCUT2D eigenvalue weighted by molar-refractivity contribution is 5.99. The highest BCUT2D eigenvalue weighted by Gasteiger charge is 2.35. The van der Waals surface area contributed by atoms with Crippen LogP contribution < -0.4 is 15.4 Å². The topological polar surface area (TPSA) is 188 Å². The molecule has 15 heteroatoms. The fraction of sp³-hybridized carbons (Fsp3) is 0.545. The quantitative estimate of drug-likeness (QED) is 0.300. The van der Waals surface area contributed by atoms with E-state index in [2.05, 4.69) is 15.6 Å². The normalized spacial score (nSPS) is 16.9. The lowest BCUT2D eigenvalue weighted by Gasteiger charge is -2.35. The summed E-state index contributed by atoms with van der Waals surface area (Å²) in [6.07, 6.45) is 0.229. The summed E-state index contributed by atoms with van der Waals surface area (Å²) < 4.78 is 11.0. The van der Waals surface area contributed by atoms with Gasteiger partial charge in [-0.3, -0.25) is 24.0 Å². The zero-order valence-electron chi connectivity index (χ0n) is 27.8. The molecular formula is C33H44N6O9. The van der Waals surface area contributed by atoms with Gasteiger partial charge in [0.1, 0.15) is 23.5 Å². The molecule has 48 heavy (non-hydrogen) atoms. The number of amides is 5. The number of nitrogens with zero attached hydrogens (tertiary/aromatic N) is 4. The maximum atomic E-state index is 13.6. The van der Waals surface area contributed by atoms with Gasteiger partial charge in [-0.05, 0) is 64.7 Å². The fourth-order valence-corrected chi connectivity index (χ4v) is 5.79. The van der Waals surface area contributed by atoms with Crippen molar-refractivity contribution in [2.45, 2.75) is 71.5 Å². The molecule has 1 aromatic heterocycles. The smallest absolute Gasteiger partial charge is 0.409 e. The van der Waals surface area contributed by atoms with Crippen LogP contribution in [0.3, 0.4) is 0 Å². The molecule has 260 valence electrons. The minimum atomic E-state index is -1.17. The number of carboxylic acids is 1. The predicted octanol–water partition coefficient (Wildman–Crippen LogP) is 1.70. The average molecular weight is 669 g/mol. The number of rotatable bonds is 12. The van der Waals surface area contributed by atoms with Crippen molar-refractivity contribution in [3.05, 3.63) is 35.5 Å². The number of aryl methyl sites for hydroxylation is 1. The Balaban J connectivity index is 1.51. The number of nitrogens with one attached hydrogen (secondary N) is 2. The Hall–Kier alpha value is -4.95. The molecule has 2 aliphatic heterocycles. The molecule has 2 unspecified atom stereocenters. The average Bonchev–Trinajstić information content (AvgIpc) is 3.55. The molecule has 2 fully saturated rings. The van der Waals surface area contributed by atoms with Gasteiger partial charge in [-0.1, -0.05) is 6.07 Å². The molecule has 0 bridgehead atoms. The minimum Gasteiger partial charge on any atom is -0.483 e. The SMILES string of the molecule is CCOC(=O)N1CCN(C(=O)C(CCC(=O)O)NC(=O)c2cc(OCC(=O)N3CCCC3C(=O)NC(C)C)c3ccc(C)cc3n2)CC1. The molecule has 0 aliphatic carbocycles. The van der Waals surface area contributed by atoms with Gasteiger partial charge in [-0.25, -0.2) is 9.78 Å². The monoisotopic (exact) mass is 668 g/mol. The van der Waals surface area contributed by atoms with E-state index in [9.17, 15) is 33.9 Å². The summed E-state index contributed by atoms with van der Waals surface area (Å²) in [6.45, 7) is 8.37. The molecule has 0 saturated carbocycles. The molecule has 2 aromatic rings. The first-order chi connectivity index (χ1) is 22.9. The summed E-state index contributed by atoms with van der Waals surface area (Å²) in [5.41, 5.74) is 1.19. The van der Waals surface area contributed by atoms with E-state index in [0.29, 0.717) is 30.3 Å². The van der Waals surface area contributed by atoms with E-state index < -0.39 is 36.0 Å². The molecule has 0 radical (unpaired) electrons. The zero-order chi connectivity index (χ0) is 35.0. The number of piperazine rings is 1. The summed E-state index contributed by atoms with van der Waals surface area (Å²) in [7, 11) is 0. The number of carbonyl (C=O) groups is 6. The molecule has 4 rings (SSSR count). The number of benzene rings is 1. The molecule has 3 N–H and O–H groups in total. The summed E-state index contributed by atoms with van der Waals surface area (Å²) in [5, 5.41) is 15.4. The molecule has 2 atom stereocenters. The van der Waals surface area contributed by atoms with Crippen molar-refractivity contribution in [2.75, 3.05) is 45.9 Å². The Kier molecular flexibility index (Phi) is 12.1. The van der Waals surface area contributed by atoms with Gasteiger partial charge in [0.2, 0.25) is 11.8 Å². The Labute approximate surface area is 278 Å². The van der Waals surface area contributed by atoms with E-state index in [1.54, 1.807) is 19.1 Å². The van der Waals surface area contributed by atoms with Crippen LogP contribution in [0.2, 0.25) is 0 Å². The van der Waals surface area contributed by atoms with Gasteiger partial charge < -0.3 is 39.9 Å². The first kappa shape index (κ1) is 35.9. The lowest BCUT2D eigenvalue weighted by molar-refractivity contribution is -0.140. The van der Waals surface area contributed by atoms with E-state index in [1.807, 2.05) is 26.8 Å². The van der Waals surface area contributed by atoms with Crippen LogP contribution >= 0.6 is 0 Å². The highest BCUT2D eigenvalue weighted by atomic mass is 16.6. The third kappa shape index (κ3) is 9.10. The predicted molar refractivity (Wildman–Crippen MR) is 173 cm³/mol. The third-order valence-electron chi connectivity index (χ3n) is 8.19. The maximum absolute atomic E-state index is 13.6. The van der Waals surface area contributed by atoms with E-state index >= 15 is 0 Å². The number of aromatic nitrogens is 1. The second-order valence-electron chi connectivity index (χ2n) is 12.2. The van der Waals surface area contributed by atoms with Gasteiger partial charge in [-0.15, -0.1) is 0 Å². The Morgan fingerprint density at radius 1 is 1.00 bits per heavy atom. The van der Waals surface area contributed by atoms with Gasteiger partial charge in [0, 0.05) is 56.6 Å². The van der Waals surface area contributed by atoms with Crippen LogP contribution in [0.15, 0.2) is 24.3 Å². The zero-order valence-corrected chi connectivity index (χ0v) is 27.8. The lowest BCUT2D eigenvalue weighted by atomic mass is 10.1. The number of aliphatic carboxylic acids is 1. The largest absolute Gasteiger partial charge is 0.483 e. The van der Waals surface area contributed by atoms with Crippen LogP contribution in [0.25, 0.3) is 10.9 Å². The maximum Gasteiger partial charge on any atom is 0.409 e. The van der Waals surface area contributed by atoms with Crippen molar-refractivity contribution in [2.24, 2.45) is 0 Å². The molecule has 15 nitrogen and oxygen atoms in total. The molecule has 0 spiro atoms. The van der Waals surface area contributed by atoms with Gasteiger partial charge >= 0.3 is 12.1 Å². The van der Waals surface area contributed by atoms with Crippen molar-refractivity contribution in [3.63, 3.8) is 0 Å². The molecule has 1 aromatic carbocycles. The third-order valence-corrected chi connectivity index (χ3v) is 8.19.